The van der Waals surface area contributed by atoms with Crippen LogP contribution in [0.5, 0.6) is 0 Å². The summed E-state index contributed by atoms with van der Waals surface area (Å²) in [5.41, 5.74) is 2.19. The van der Waals surface area contributed by atoms with E-state index < -0.39 is 0 Å². The van der Waals surface area contributed by atoms with Crippen LogP contribution in [0.15, 0.2) is 24.3 Å². The summed E-state index contributed by atoms with van der Waals surface area (Å²) >= 11 is 0. The van der Waals surface area contributed by atoms with Crippen LogP contribution in [-0.2, 0) is 4.79 Å². The molecule has 0 aromatic heterocycles. The van der Waals surface area contributed by atoms with Gasteiger partial charge in [0.15, 0.2) is 0 Å². The lowest BCUT2D eigenvalue weighted by Gasteiger charge is -2.31. The van der Waals surface area contributed by atoms with E-state index in [2.05, 4.69) is 29.4 Å². The number of carbonyl (C=O) groups excluding carboxylic acids is 1. The summed E-state index contributed by atoms with van der Waals surface area (Å²) in [6.07, 6.45) is 4.49. The maximum Gasteiger partial charge on any atom is 0.227 e. The van der Waals surface area contributed by atoms with E-state index >= 15 is 0 Å². The molecule has 1 aliphatic heterocycles. The van der Waals surface area contributed by atoms with Crippen molar-refractivity contribution in [1.82, 2.24) is 0 Å². The van der Waals surface area contributed by atoms with Gasteiger partial charge in [0.25, 0.3) is 0 Å². The van der Waals surface area contributed by atoms with E-state index in [1.165, 1.54) is 31.6 Å². The van der Waals surface area contributed by atoms with Gasteiger partial charge in [-0.3, -0.25) is 4.79 Å². The van der Waals surface area contributed by atoms with Crippen LogP contribution in [0.25, 0.3) is 0 Å². The van der Waals surface area contributed by atoms with Crippen molar-refractivity contribution in [3.05, 3.63) is 24.3 Å². The molecule has 114 valence electrons. The fourth-order valence-corrected chi connectivity index (χ4v) is 3.33. The standard InChI is InChI=1S/C17H25N3O/c1-19-10-12-20(13-11-19)16-8-6-15(7-9-16)18-17(21)14-4-2-3-5-14/h6-9,14H,2-5,10-13H2,1H3,(H,18,21)/p+1. The molecule has 1 heterocycles. The van der Waals surface area contributed by atoms with Gasteiger partial charge in [0, 0.05) is 17.3 Å². The van der Waals surface area contributed by atoms with Crippen LogP contribution < -0.4 is 15.1 Å². The number of quaternary nitrogens is 1. The van der Waals surface area contributed by atoms with Crippen LogP contribution in [0, 0.1) is 5.92 Å². The molecular weight excluding hydrogens is 262 g/mol. The Morgan fingerprint density at radius 2 is 1.76 bits per heavy atom. The van der Waals surface area contributed by atoms with Crippen molar-refractivity contribution in [2.75, 3.05) is 43.4 Å². The Morgan fingerprint density at radius 1 is 1.14 bits per heavy atom. The quantitative estimate of drug-likeness (QED) is 0.875. The first kappa shape index (κ1) is 14.4. The van der Waals surface area contributed by atoms with Crippen LogP contribution >= 0.6 is 0 Å². The van der Waals surface area contributed by atoms with Crippen molar-refractivity contribution in [3.63, 3.8) is 0 Å². The van der Waals surface area contributed by atoms with Crippen molar-refractivity contribution in [1.29, 1.82) is 0 Å². The second kappa shape index (κ2) is 6.48. The third-order valence-corrected chi connectivity index (χ3v) is 4.84. The average Bonchev–Trinajstić information content (AvgIpc) is 3.03. The Bertz CT molecular complexity index is 471. The molecule has 0 spiro atoms. The predicted octanol–water partition coefficient (Wildman–Crippen LogP) is 1.15. The van der Waals surface area contributed by atoms with Gasteiger partial charge in [-0.25, -0.2) is 0 Å². The second-order valence-electron chi connectivity index (χ2n) is 6.46. The number of carbonyl (C=O) groups is 1. The Morgan fingerprint density at radius 3 is 2.38 bits per heavy atom. The maximum absolute atomic E-state index is 12.1. The van der Waals surface area contributed by atoms with Crippen LogP contribution in [0.3, 0.4) is 0 Å². The van der Waals surface area contributed by atoms with Gasteiger partial charge in [-0.05, 0) is 37.1 Å². The molecule has 2 fully saturated rings. The zero-order valence-electron chi connectivity index (χ0n) is 12.9. The van der Waals surface area contributed by atoms with E-state index in [4.69, 9.17) is 0 Å². The number of piperazine rings is 1. The highest BCUT2D eigenvalue weighted by Crippen LogP contribution is 2.26. The van der Waals surface area contributed by atoms with Crippen molar-refractivity contribution in [2.24, 2.45) is 5.92 Å². The van der Waals surface area contributed by atoms with Crippen molar-refractivity contribution in [3.8, 4) is 0 Å². The fraction of sp³-hybridized carbons (Fsp3) is 0.588. The lowest BCUT2D eigenvalue weighted by atomic mass is 10.1. The molecule has 4 heteroatoms. The molecule has 2 N–H and O–H groups in total. The minimum atomic E-state index is 0.198. The summed E-state index contributed by atoms with van der Waals surface area (Å²) in [7, 11) is 2.25. The number of rotatable bonds is 3. The Hall–Kier alpha value is -1.55. The molecule has 0 radical (unpaired) electrons. The van der Waals surface area contributed by atoms with Gasteiger partial charge in [-0.1, -0.05) is 12.8 Å². The first-order valence-electron chi connectivity index (χ1n) is 8.19. The van der Waals surface area contributed by atoms with Gasteiger partial charge in [0.2, 0.25) is 5.91 Å². The highest BCUT2D eigenvalue weighted by Gasteiger charge is 2.22. The Balaban J connectivity index is 1.57. The molecule has 0 bridgehead atoms. The summed E-state index contributed by atoms with van der Waals surface area (Å²) in [6, 6.07) is 8.33. The van der Waals surface area contributed by atoms with Crippen molar-refractivity contribution < 1.29 is 9.69 Å². The number of likely N-dealkylation sites (N-methyl/N-ethyl adjacent to an activating group) is 1. The molecule has 1 aromatic carbocycles. The number of hydrogen-bond donors (Lipinski definition) is 2. The van der Waals surface area contributed by atoms with Crippen LogP contribution in [0.4, 0.5) is 11.4 Å². The van der Waals surface area contributed by atoms with Gasteiger partial charge in [-0.15, -0.1) is 0 Å². The summed E-state index contributed by atoms with van der Waals surface area (Å²) in [5, 5.41) is 3.06. The van der Waals surface area contributed by atoms with E-state index in [0.717, 1.165) is 31.6 Å². The number of hydrogen-bond acceptors (Lipinski definition) is 2. The second-order valence-corrected chi connectivity index (χ2v) is 6.46. The molecule has 1 saturated carbocycles. The number of nitrogens with one attached hydrogen (secondary N) is 2. The number of benzene rings is 1. The fourth-order valence-electron chi connectivity index (χ4n) is 3.33. The number of anilines is 2. The number of amides is 1. The molecule has 0 atom stereocenters. The summed E-state index contributed by atoms with van der Waals surface area (Å²) in [5.74, 6) is 0.425. The zero-order chi connectivity index (χ0) is 14.7. The van der Waals surface area contributed by atoms with Gasteiger partial charge < -0.3 is 15.1 Å². The summed E-state index contributed by atoms with van der Waals surface area (Å²) in [4.78, 5) is 16.1. The van der Waals surface area contributed by atoms with Crippen LogP contribution in [0.1, 0.15) is 25.7 Å². The normalized spacial score (nSPS) is 20.7. The lowest BCUT2D eigenvalue weighted by molar-refractivity contribution is -0.880. The maximum atomic E-state index is 12.1. The van der Waals surface area contributed by atoms with Gasteiger partial charge in [-0.2, -0.15) is 0 Å². The minimum Gasteiger partial charge on any atom is -0.360 e. The highest BCUT2D eigenvalue weighted by atomic mass is 16.1. The molecule has 0 unspecified atom stereocenters. The first-order valence-corrected chi connectivity index (χ1v) is 8.19. The molecule has 1 saturated heterocycles. The van der Waals surface area contributed by atoms with Gasteiger partial charge >= 0.3 is 0 Å². The van der Waals surface area contributed by atoms with Crippen LogP contribution in [-0.4, -0.2) is 39.1 Å². The van der Waals surface area contributed by atoms with E-state index in [0.29, 0.717) is 0 Å². The molecule has 4 nitrogen and oxygen atoms in total. The van der Waals surface area contributed by atoms with Crippen LogP contribution in [0.2, 0.25) is 0 Å². The van der Waals surface area contributed by atoms with E-state index in [-0.39, 0.29) is 11.8 Å². The molecule has 1 aliphatic carbocycles. The zero-order valence-corrected chi connectivity index (χ0v) is 12.9. The van der Waals surface area contributed by atoms with Crippen molar-refractivity contribution >= 4 is 17.3 Å². The lowest BCUT2D eigenvalue weighted by Crippen LogP contribution is -3.12. The highest BCUT2D eigenvalue weighted by molar-refractivity contribution is 5.92. The molecule has 3 rings (SSSR count). The predicted molar refractivity (Wildman–Crippen MR) is 85.9 cm³/mol. The molecule has 21 heavy (non-hydrogen) atoms. The average molecular weight is 288 g/mol. The molecular formula is C17H26N3O+. The smallest absolute Gasteiger partial charge is 0.227 e. The Labute approximate surface area is 127 Å². The molecule has 2 aliphatic rings. The Kier molecular flexibility index (Phi) is 4.44. The summed E-state index contributed by atoms with van der Waals surface area (Å²) in [6.45, 7) is 4.61. The van der Waals surface area contributed by atoms with Crippen molar-refractivity contribution in [2.45, 2.75) is 25.7 Å². The van der Waals surface area contributed by atoms with Gasteiger partial charge in [0.1, 0.15) is 0 Å². The third-order valence-electron chi connectivity index (χ3n) is 4.84. The topological polar surface area (TPSA) is 36.8 Å². The first-order chi connectivity index (χ1) is 10.2. The largest absolute Gasteiger partial charge is 0.360 e. The van der Waals surface area contributed by atoms with E-state index in [1.807, 2.05) is 12.1 Å². The SMILES string of the molecule is C[NH+]1CCN(c2ccc(NC(=O)C3CCCC3)cc2)CC1. The van der Waals surface area contributed by atoms with Gasteiger partial charge in [0.05, 0.1) is 33.2 Å². The number of nitrogens with zero attached hydrogens (tertiary/aromatic N) is 1. The molecule has 1 amide bonds. The monoisotopic (exact) mass is 288 g/mol. The molecule has 1 aromatic rings. The van der Waals surface area contributed by atoms with E-state index in [1.54, 1.807) is 4.90 Å². The summed E-state index contributed by atoms with van der Waals surface area (Å²) < 4.78 is 0. The minimum absolute atomic E-state index is 0.198. The van der Waals surface area contributed by atoms with E-state index in [9.17, 15) is 4.79 Å². The third kappa shape index (κ3) is 3.56.